The molecule has 0 amide bonds. The highest BCUT2D eigenvalue weighted by Gasteiger charge is 2.29. The van der Waals surface area contributed by atoms with Gasteiger partial charge >= 0.3 is 0 Å². The van der Waals surface area contributed by atoms with Crippen molar-refractivity contribution in [3.63, 3.8) is 0 Å². The van der Waals surface area contributed by atoms with Crippen LogP contribution in [-0.4, -0.2) is 31.6 Å². The lowest BCUT2D eigenvalue weighted by atomic mass is 9.87. The lowest BCUT2D eigenvalue weighted by Crippen LogP contribution is -2.27. The van der Waals surface area contributed by atoms with Gasteiger partial charge in [-0.25, -0.2) is 0 Å². The first-order chi connectivity index (χ1) is 11.8. The quantitative estimate of drug-likeness (QED) is 0.595. The molecular weight excluding hydrogens is 314 g/mol. The maximum absolute atomic E-state index is 5.81. The van der Waals surface area contributed by atoms with Gasteiger partial charge in [0, 0.05) is 34.9 Å². The van der Waals surface area contributed by atoms with E-state index in [9.17, 15) is 0 Å². The van der Waals surface area contributed by atoms with Crippen molar-refractivity contribution in [2.24, 2.45) is 0 Å². The lowest BCUT2D eigenvalue weighted by molar-refractivity contribution is 0.313. The van der Waals surface area contributed by atoms with E-state index in [1.807, 2.05) is 11.8 Å². The molecule has 1 saturated heterocycles. The molecule has 0 N–H and O–H groups in total. The summed E-state index contributed by atoms with van der Waals surface area (Å²) in [5.41, 5.74) is 7.40. The summed E-state index contributed by atoms with van der Waals surface area (Å²) in [6, 6.07) is 13.4. The van der Waals surface area contributed by atoms with E-state index in [0.29, 0.717) is 0 Å². The van der Waals surface area contributed by atoms with Crippen molar-refractivity contribution in [3.05, 3.63) is 58.7 Å². The zero-order valence-electron chi connectivity index (χ0n) is 14.0. The largest absolute Gasteiger partial charge is 0.493 e. The van der Waals surface area contributed by atoms with Crippen LogP contribution in [0.4, 0.5) is 0 Å². The fourth-order valence-corrected chi connectivity index (χ4v) is 5.35. The minimum Gasteiger partial charge on any atom is -0.493 e. The van der Waals surface area contributed by atoms with Crippen LogP contribution in [0, 0.1) is 0 Å². The minimum absolute atomic E-state index is 0.824. The first-order valence-electron chi connectivity index (χ1n) is 8.78. The summed E-state index contributed by atoms with van der Waals surface area (Å²) in [4.78, 5) is 5.27. The van der Waals surface area contributed by atoms with Crippen molar-refractivity contribution in [2.75, 3.05) is 26.7 Å². The van der Waals surface area contributed by atoms with Crippen LogP contribution in [0.3, 0.4) is 0 Å². The van der Waals surface area contributed by atoms with E-state index in [1.54, 1.807) is 5.57 Å². The molecule has 122 valence electrons. The second kappa shape index (κ2) is 5.68. The van der Waals surface area contributed by atoms with Gasteiger partial charge in [0.2, 0.25) is 0 Å². The predicted molar refractivity (Wildman–Crippen MR) is 99.0 cm³/mol. The summed E-state index contributed by atoms with van der Waals surface area (Å²) < 4.78 is 5.81. The number of ether oxygens (including phenoxy) is 1. The van der Waals surface area contributed by atoms with Crippen molar-refractivity contribution in [2.45, 2.75) is 29.1 Å². The molecule has 2 nitrogen and oxygen atoms in total. The van der Waals surface area contributed by atoms with E-state index in [-0.39, 0.29) is 0 Å². The third-order valence-corrected chi connectivity index (χ3v) is 6.66. The number of piperidine rings is 1. The maximum atomic E-state index is 5.81. The number of rotatable bonds is 0. The zero-order valence-corrected chi connectivity index (χ0v) is 14.8. The predicted octanol–water partition coefficient (Wildman–Crippen LogP) is 4.61. The third kappa shape index (κ3) is 2.22. The Morgan fingerprint density at radius 2 is 1.79 bits per heavy atom. The molecule has 0 saturated carbocycles. The van der Waals surface area contributed by atoms with Gasteiger partial charge in [-0.05, 0) is 54.8 Å². The van der Waals surface area contributed by atoms with Crippen molar-refractivity contribution in [3.8, 4) is 5.75 Å². The van der Waals surface area contributed by atoms with Gasteiger partial charge in [0.25, 0.3) is 0 Å². The Balaban J connectivity index is 1.74. The number of hydrogen-bond donors (Lipinski definition) is 0. The van der Waals surface area contributed by atoms with Crippen LogP contribution in [0.25, 0.3) is 5.57 Å². The molecular formula is C21H21NOS. The van der Waals surface area contributed by atoms with Gasteiger partial charge < -0.3 is 9.64 Å². The Kier molecular flexibility index (Phi) is 3.46. The molecule has 5 rings (SSSR count). The summed E-state index contributed by atoms with van der Waals surface area (Å²) >= 11 is 1.93. The van der Waals surface area contributed by atoms with Crippen LogP contribution in [0.1, 0.15) is 29.5 Å². The van der Waals surface area contributed by atoms with E-state index < -0.39 is 0 Å². The topological polar surface area (TPSA) is 12.5 Å². The normalized spacial score (nSPS) is 19.5. The smallest absolute Gasteiger partial charge is 0.123 e. The van der Waals surface area contributed by atoms with Gasteiger partial charge in [0.15, 0.2) is 0 Å². The summed E-state index contributed by atoms with van der Waals surface area (Å²) in [6.45, 7) is 3.15. The van der Waals surface area contributed by atoms with Gasteiger partial charge in [-0.2, -0.15) is 0 Å². The molecule has 24 heavy (non-hydrogen) atoms. The molecule has 0 radical (unpaired) electrons. The SMILES string of the molecule is CN1CCC(=C2c3ccccc3Sc3c2ccc2c3CCO2)CC1. The van der Waals surface area contributed by atoms with Crippen LogP contribution >= 0.6 is 11.8 Å². The molecule has 3 aliphatic rings. The highest BCUT2D eigenvalue weighted by atomic mass is 32.2. The van der Waals surface area contributed by atoms with E-state index in [2.05, 4.69) is 48.3 Å². The highest BCUT2D eigenvalue weighted by Crippen LogP contribution is 2.51. The van der Waals surface area contributed by atoms with Crippen molar-refractivity contribution in [1.82, 2.24) is 4.90 Å². The molecule has 3 heterocycles. The van der Waals surface area contributed by atoms with Gasteiger partial charge in [0.05, 0.1) is 6.61 Å². The molecule has 0 aromatic heterocycles. The van der Waals surface area contributed by atoms with E-state index in [0.717, 1.165) is 31.9 Å². The molecule has 3 aliphatic heterocycles. The van der Waals surface area contributed by atoms with E-state index in [1.165, 1.54) is 44.9 Å². The molecule has 0 atom stereocenters. The van der Waals surface area contributed by atoms with Crippen LogP contribution in [0.15, 0.2) is 51.8 Å². The van der Waals surface area contributed by atoms with E-state index >= 15 is 0 Å². The molecule has 0 aliphatic carbocycles. The summed E-state index contributed by atoms with van der Waals surface area (Å²) in [6.07, 6.45) is 3.40. The van der Waals surface area contributed by atoms with Crippen LogP contribution < -0.4 is 4.74 Å². The second-order valence-electron chi connectivity index (χ2n) is 6.90. The number of benzene rings is 2. The first kappa shape index (κ1) is 14.6. The molecule has 0 spiro atoms. The van der Waals surface area contributed by atoms with Crippen LogP contribution in [0.5, 0.6) is 5.75 Å². The average Bonchev–Trinajstić information content (AvgIpc) is 3.10. The molecule has 0 bridgehead atoms. The Hall–Kier alpha value is -1.71. The number of hydrogen-bond acceptors (Lipinski definition) is 3. The number of fused-ring (bicyclic) bond motifs is 4. The van der Waals surface area contributed by atoms with Crippen molar-refractivity contribution >= 4 is 17.3 Å². The Morgan fingerprint density at radius 3 is 2.67 bits per heavy atom. The van der Waals surface area contributed by atoms with Crippen molar-refractivity contribution < 1.29 is 4.74 Å². The average molecular weight is 335 g/mol. The summed E-state index contributed by atoms with van der Waals surface area (Å²) in [5, 5.41) is 0. The third-order valence-electron chi connectivity index (χ3n) is 5.41. The maximum Gasteiger partial charge on any atom is 0.123 e. The fraction of sp³-hybridized carbons (Fsp3) is 0.333. The lowest BCUT2D eigenvalue weighted by Gasteiger charge is -2.30. The van der Waals surface area contributed by atoms with E-state index in [4.69, 9.17) is 4.74 Å². The summed E-state index contributed by atoms with van der Waals surface area (Å²) in [7, 11) is 2.23. The fourth-order valence-electron chi connectivity index (χ4n) is 4.09. The van der Waals surface area contributed by atoms with Gasteiger partial charge in [-0.3, -0.25) is 0 Å². The van der Waals surface area contributed by atoms with Crippen molar-refractivity contribution in [1.29, 1.82) is 0 Å². The minimum atomic E-state index is 0.824. The molecule has 0 unspecified atom stereocenters. The van der Waals surface area contributed by atoms with Gasteiger partial charge in [-0.1, -0.05) is 35.5 Å². The number of likely N-dealkylation sites (tertiary alicyclic amines) is 1. The standard InChI is InChI=1S/C21H21NOS/c1-22-11-8-14(9-12-22)20-16-4-2-3-5-19(16)24-21-15-10-13-23-18(15)7-6-17(20)21/h2-7H,8-13H2,1H3. The monoisotopic (exact) mass is 335 g/mol. The molecule has 2 aromatic rings. The zero-order chi connectivity index (χ0) is 16.1. The van der Waals surface area contributed by atoms with Gasteiger partial charge in [0.1, 0.15) is 5.75 Å². The first-order valence-corrected chi connectivity index (χ1v) is 9.60. The Morgan fingerprint density at radius 1 is 0.958 bits per heavy atom. The van der Waals surface area contributed by atoms with Gasteiger partial charge in [-0.15, -0.1) is 0 Å². The Labute approximate surface area is 147 Å². The Bertz CT molecular complexity index is 845. The molecule has 2 aromatic carbocycles. The molecule has 1 fully saturated rings. The number of nitrogens with zero attached hydrogens (tertiary/aromatic N) is 1. The second-order valence-corrected chi connectivity index (χ2v) is 7.95. The highest BCUT2D eigenvalue weighted by molar-refractivity contribution is 7.99. The molecule has 3 heteroatoms. The summed E-state index contributed by atoms with van der Waals surface area (Å²) in [5.74, 6) is 1.09. The van der Waals surface area contributed by atoms with Crippen LogP contribution in [0.2, 0.25) is 0 Å². The van der Waals surface area contributed by atoms with Crippen LogP contribution in [-0.2, 0) is 6.42 Å².